The van der Waals surface area contributed by atoms with Crippen molar-refractivity contribution in [3.8, 4) is 17.2 Å². The maximum Gasteiger partial charge on any atom is 0.338 e. The van der Waals surface area contributed by atoms with Crippen LogP contribution in [0.5, 0.6) is 17.2 Å². The van der Waals surface area contributed by atoms with Gasteiger partial charge in [0.1, 0.15) is 0 Å². The Balaban J connectivity index is 1.74. The van der Waals surface area contributed by atoms with Crippen LogP contribution in [0.3, 0.4) is 0 Å². The fourth-order valence-corrected chi connectivity index (χ4v) is 3.22. The van der Waals surface area contributed by atoms with E-state index in [1.54, 1.807) is 12.1 Å². The summed E-state index contributed by atoms with van der Waals surface area (Å²) in [6, 6.07) is 20.1. The van der Waals surface area contributed by atoms with Crippen molar-refractivity contribution >= 4 is 11.8 Å². The zero-order valence-corrected chi connectivity index (χ0v) is 17.7. The lowest BCUT2D eigenvalue weighted by Gasteiger charge is -2.14. The molecule has 0 aliphatic carbocycles. The summed E-state index contributed by atoms with van der Waals surface area (Å²) in [6.45, 7) is -0.406. The van der Waals surface area contributed by atoms with Crippen LogP contribution in [0.25, 0.3) is 0 Å². The van der Waals surface area contributed by atoms with Gasteiger partial charge in [0.2, 0.25) is 11.5 Å². The lowest BCUT2D eigenvalue weighted by molar-refractivity contribution is 0.0473. The van der Waals surface area contributed by atoms with E-state index >= 15 is 0 Å². The number of carbonyl (C=O) groups is 2. The Hall–Kier alpha value is -3.80. The Morgan fingerprint density at radius 2 is 1.39 bits per heavy atom. The molecule has 0 radical (unpaired) electrons. The third kappa shape index (κ3) is 5.22. The fourth-order valence-electron chi connectivity index (χ4n) is 3.22. The average molecular weight is 420 g/mol. The van der Waals surface area contributed by atoms with Gasteiger partial charge in [-0.1, -0.05) is 48.5 Å². The summed E-state index contributed by atoms with van der Waals surface area (Å²) in [7, 11) is 4.42. The van der Waals surface area contributed by atoms with E-state index in [4.69, 9.17) is 18.9 Å². The van der Waals surface area contributed by atoms with Crippen LogP contribution >= 0.6 is 0 Å². The van der Waals surface area contributed by atoms with Gasteiger partial charge < -0.3 is 18.9 Å². The molecule has 0 aromatic heterocycles. The van der Waals surface area contributed by atoms with Crippen LogP contribution < -0.4 is 14.2 Å². The van der Waals surface area contributed by atoms with Crippen LogP contribution in [0.4, 0.5) is 0 Å². The molecule has 0 saturated carbocycles. The quantitative estimate of drug-likeness (QED) is 0.379. The highest BCUT2D eigenvalue weighted by molar-refractivity contribution is 6.00. The average Bonchev–Trinajstić information content (AvgIpc) is 2.82. The number of ether oxygens (including phenoxy) is 4. The predicted octanol–water partition coefficient (Wildman–Crippen LogP) is 4.34. The summed E-state index contributed by atoms with van der Waals surface area (Å²) < 4.78 is 21.1. The largest absolute Gasteiger partial charge is 0.493 e. The van der Waals surface area contributed by atoms with Gasteiger partial charge in [0.05, 0.1) is 26.9 Å². The van der Waals surface area contributed by atoms with Crippen molar-refractivity contribution in [3.05, 3.63) is 89.0 Å². The molecule has 0 spiro atoms. The molecule has 0 bridgehead atoms. The molecule has 0 heterocycles. The van der Waals surface area contributed by atoms with E-state index < -0.39 is 12.6 Å². The van der Waals surface area contributed by atoms with Crippen molar-refractivity contribution in [1.29, 1.82) is 0 Å². The molecule has 0 atom stereocenters. The normalized spacial score (nSPS) is 10.3. The molecule has 0 fully saturated rings. The zero-order valence-electron chi connectivity index (χ0n) is 17.7. The summed E-state index contributed by atoms with van der Waals surface area (Å²) in [6.07, 6.45) is 0.590. The summed E-state index contributed by atoms with van der Waals surface area (Å²) in [4.78, 5) is 25.4. The van der Waals surface area contributed by atoms with Gasteiger partial charge in [0.25, 0.3) is 0 Å². The molecule has 0 amide bonds. The second kappa shape index (κ2) is 10.3. The molecule has 31 heavy (non-hydrogen) atoms. The van der Waals surface area contributed by atoms with Gasteiger partial charge in [-0.3, -0.25) is 4.79 Å². The Labute approximate surface area is 181 Å². The second-order valence-corrected chi connectivity index (χ2v) is 6.73. The predicted molar refractivity (Wildman–Crippen MR) is 116 cm³/mol. The highest BCUT2D eigenvalue weighted by Gasteiger charge is 2.19. The monoisotopic (exact) mass is 420 g/mol. The summed E-state index contributed by atoms with van der Waals surface area (Å²) >= 11 is 0. The first kappa shape index (κ1) is 21.9. The molecule has 160 valence electrons. The molecular weight excluding hydrogens is 396 g/mol. The van der Waals surface area contributed by atoms with Crippen LogP contribution in [0.15, 0.2) is 66.7 Å². The molecular formula is C25H24O6. The SMILES string of the molecule is COc1cc(C(=O)COC(=O)c2ccccc2Cc2ccccc2)cc(OC)c1OC. The first-order chi connectivity index (χ1) is 15.1. The smallest absolute Gasteiger partial charge is 0.338 e. The molecule has 0 aliphatic rings. The number of esters is 1. The fraction of sp³-hybridized carbons (Fsp3) is 0.200. The molecule has 3 rings (SSSR count). The minimum absolute atomic E-state index is 0.292. The number of ketones is 1. The zero-order chi connectivity index (χ0) is 22.2. The number of methoxy groups -OCH3 is 3. The molecule has 3 aromatic rings. The van der Waals surface area contributed by atoms with Crippen molar-refractivity contribution in [2.75, 3.05) is 27.9 Å². The number of hydrogen-bond donors (Lipinski definition) is 0. The van der Waals surface area contributed by atoms with Crippen LogP contribution in [0, 0.1) is 0 Å². The van der Waals surface area contributed by atoms with Gasteiger partial charge in [-0.25, -0.2) is 4.79 Å². The van der Waals surface area contributed by atoms with Crippen molar-refractivity contribution in [3.63, 3.8) is 0 Å². The standard InChI is InChI=1S/C25H24O6/c1-28-22-14-19(15-23(29-2)24(22)30-3)21(26)16-31-25(27)20-12-8-7-11-18(20)13-17-9-5-4-6-10-17/h4-12,14-15H,13,16H2,1-3H3. The van der Waals surface area contributed by atoms with E-state index in [2.05, 4.69) is 0 Å². The maximum absolute atomic E-state index is 12.7. The summed E-state index contributed by atoms with van der Waals surface area (Å²) in [5.41, 5.74) is 2.64. The van der Waals surface area contributed by atoms with Gasteiger partial charge in [-0.15, -0.1) is 0 Å². The Bertz CT molecular complexity index is 1030. The number of rotatable bonds is 9. The van der Waals surface area contributed by atoms with Crippen molar-refractivity contribution in [1.82, 2.24) is 0 Å². The topological polar surface area (TPSA) is 71.1 Å². The number of benzene rings is 3. The van der Waals surface area contributed by atoms with E-state index in [1.165, 1.54) is 33.5 Å². The lowest BCUT2D eigenvalue weighted by atomic mass is 10.00. The van der Waals surface area contributed by atoms with Gasteiger partial charge in [0.15, 0.2) is 18.1 Å². The van der Waals surface area contributed by atoms with Gasteiger partial charge >= 0.3 is 5.97 Å². The second-order valence-electron chi connectivity index (χ2n) is 6.73. The third-order valence-electron chi connectivity index (χ3n) is 4.80. The molecule has 0 unspecified atom stereocenters. The molecule has 6 heteroatoms. The number of hydrogen-bond acceptors (Lipinski definition) is 6. The van der Waals surface area contributed by atoms with Crippen molar-refractivity contribution in [2.24, 2.45) is 0 Å². The minimum atomic E-state index is -0.549. The first-order valence-electron chi connectivity index (χ1n) is 9.69. The van der Waals surface area contributed by atoms with Gasteiger partial charge in [-0.05, 0) is 35.7 Å². The summed E-state index contributed by atoms with van der Waals surface area (Å²) in [5, 5.41) is 0. The van der Waals surface area contributed by atoms with E-state index in [0.29, 0.717) is 34.8 Å². The van der Waals surface area contributed by atoms with Crippen molar-refractivity contribution < 1.29 is 28.5 Å². The number of Topliss-reactive ketones (excluding diaryl/α,β-unsaturated/α-hetero) is 1. The Morgan fingerprint density at radius 1 is 0.774 bits per heavy atom. The van der Waals surface area contributed by atoms with Gasteiger partial charge in [-0.2, -0.15) is 0 Å². The number of carbonyl (C=O) groups excluding carboxylic acids is 2. The van der Waals surface area contributed by atoms with E-state index in [9.17, 15) is 9.59 Å². The van der Waals surface area contributed by atoms with Crippen molar-refractivity contribution in [2.45, 2.75) is 6.42 Å². The minimum Gasteiger partial charge on any atom is -0.493 e. The highest BCUT2D eigenvalue weighted by Crippen LogP contribution is 2.38. The first-order valence-corrected chi connectivity index (χ1v) is 9.69. The molecule has 0 N–H and O–H groups in total. The van der Waals surface area contributed by atoms with Gasteiger partial charge in [0, 0.05) is 5.56 Å². The van der Waals surface area contributed by atoms with Crippen LogP contribution in [0.2, 0.25) is 0 Å². The van der Waals surface area contributed by atoms with E-state index in [1.807, 2.05) is 42.5 Å². The molecule has 0 aliphatic heterocycles. The van der Waals surface area contributed by atoms with Crippen LogP contribution in [-0.4, -0.2) is 39.7 Å². The third-order valence-corrected chi connectivity index (χ3v) is 4.80. The highest BCUT2D eigenvalue weighted by atomic mass is 16.5. The van der Waals surface area contributed by atoms with Crippen LogP contribution in [0.1, 0.15) is 31.8 Å². The molecule has 3 aromatic carbocycles. The molecule has 6 nitrogen and oxygen atoms in total. The van der Waals surface area contributed by atoms with E-state index in [0.717, 1.165) is 11.1 Å². The Morgan fingerprint density at radius 3 is 2.00 bits per heavy atom. The lowest BCUT2D eigenvalue weighted by Crippen LogP contribution is -2.16. The Kier molecular flexibility index (Phi) is 7.27. The molecule has 0 saturated heterocycles. The maximum atomic E-state index is 12.7. The summed E-state index contributed by atoms with van der Waals surface area (Å²) in [5.74, 6) is 0.156. The van der Waals surface area contributed by atoms with Crippen LogP contribution in [-0.2, 0) is 11.2 Å². The van der Waals surface area contributed by atoms with E-state index in [-0.39, 0.29) is 5.78 Å².